The molecular formula is C17H20N2O5. The number of benzene rings is 1. The minimum atomic E-state index is -1.71. The molecule has 7 heteroatoms. The number of amides is 1. The number of hydrogen-bond donors (Lipinski definition) is 4. The lowest BCUT2D eigenvalue weighted by Gasteiger charge is -2.29. The average Bonchev–Trinajstić information content (AvgIpc) is 3.06. The molecule has 1 amide bonds. The van der Waals surface area contributed by atoms with E-state index in [1.807, 2.05) is 19.1 Å². The molecule has 5 atom stereocenters. The van der Waals surface area contributed by atoms with Gasteiger partial charge in [-0.15, -0.1) is 0 Å². The van der Waals surface area contributed by atoms with Gasteiger partial charge in [0.2, 0.25) is 5.91 Å². The molecule has 0 spiro atoms. The molecule has 2 aliphatic carbocycles. The van der Waals surface area contributed by atoms with Crippen molar-refractivity contribution >= 4 is 23.5 Å². The number of carbonyl (C=O) groups excluding carboxylic acids is 1. The quantitative estimate of drug-likeness (QED) is 0.652. The first-order valence-electron chi connectivity index (χ1n) is 7.76. The molecule has 24 heavy (non-hydrogen) atoms. The number of carboxylic acids is 2. The number of carbonyl (C=O) groups is 3. The number of fused-ring (bicyclic) bond motifs is 1. The Morgan fingerprint density at radius 2 is 1.88 bits per heavy atom. The molecule has 3 rings (SSSR count). The van der Waals surface area contributed by atoms with Crippen molar-refractivity contribution in [2.24, 2.45) is 28.9 Å². The summed E-state index contributed by atoms with van der Waals surface area (Å²) >= 11 is 0. The minimum absolute atomic E-state index is 0.0645. The number of aliphatic carboxylic acids is 2. The maximum atomic E-state index is 12.7. The molecule has 0 radical (unpaired) electrons. The molecule has 7 nitrogen and oxygen atoms in total. The van der Waals surface area contributed by atoms with Gasteiger partial charge in [-0.3, -0.25) is 14.4 Å². The molecule has 5 unspecified atom stereocenters. The fourth-order valence-corrected chi connectivity index (χ4v) is 4.39. The topological polar surface area (TPSA) is 130 Å². The van der Waals surface area contributed by atoms with E-state index in [-0.39, 0.29) is 12.3 Å². The zero-order chi connectivity index (χ0) is 17.9. The van der Waals surface area contributed by atoms with Crippen LogP contribution < -0.4 is 11.1 Å². The highest BCUT2D eigenvalue weighted by molar-refractivity contribution is 5.98. The van der Waals surface area contributed by atoms with Crippen molar-refractivity contribution in [1.29, 1.82) is 0 Å². The number of rotatable bonds is 4. The first kappa shape index (κ1) is 16.4. The van der Waals surface area contributed by atoms with Crippen LogP contribution in [0.5, 0.6) is 0 Å². The molecule has 0 bridgehead atoms. The number of nitrogens with one attached hydrogen (secondary N) is 1. The number of para-hydroxylation sites is 1. The van der Waals surface area contributed by atoms with Crippen LogP contribution in [0.1, 0.15) is 18.9 Å². The molecule has 0 heterocycles. The molecule has 5 N–H and O–H groups in total. The second-order valence-electron chi connectivity index (χ2n) is 7.02. The van der Waals surface area contributed by atoms with E-state index in [2.05, 4.69) is 5.32 Å². The maximum absolute atomic E-state index is 12.7. The number of anilines is 1. The Hall–Kier alpha value is -2.41. The van der Waals surface area contributed by atoms with Gasteiger partial charge in [0.1, 0.15) is 5.54 Å². The standard InChI is InChI=1S/C17H20N2O5/c1-8-5-3-4-6-10(8)19-13(20)9-7-17(18,15(23)24)16(2)11(9)12(16)14(21)22/h3-6,9,11-12H,7,18H2,1-2H3,(H,19,20)(H,21,22)(H,23,24). The van der Waals surface area contributed by atoms with Gasteiger partial charge in [-0.1, -0.05) is 25.1 Å². The van der Waals surface area contributed by atoms with Gasteiger partial charge < -0.3 is 21.3 Å². The molecule has 0 aliphatic heterocycles. The Morgan fingerprint density at radius 3 is 2.42 bits per heavy atom. The third-order valence-electron chi connectivity index (χ3n) is 5.91. The lowest BCUT2D eigenvalue weighted by Crippen LogP contribution is -2.55. The van der Waals surface area contributed by atoms with Crippen LogP contribution in [-0.2, 0) is 14.4 Å². The Bertz CT molecular complexity index is 748. The third-order valence-corrected chi connectivity index (χ3v) is 5.91. The van der Waals surface area contributed by atoms with Crippen molar-refractivity contribution in [2.75, 3.05) is 5.32 Å². The van der Waals surface area contributed by atoms with Crippen molar-refractivity contribution in [3.05, 3.63) is 29.8 Å². The van der Waals surface area contributed by atoms with E-state index in [1.165, 1.54) is 0 Å². The van der Waals surface area contributed by atoms with Gasteiger partial charge in [0.15, 0.2) is 0 Å². The van der Waals surface area contributed by atoms with Crippen molar-refractivity contribution < 1.29 is 24.6 Å². The Balaban J connectivity index is 1.90. The van der Waals surface area contributed by atoms with Crippen molar-refractivity contribution in [1.82, 2.24) is 0 Å². The highest BCUT2D eigenvalue weighted by Gasteiger charge is 2.83. The number of hydrogen-bond acceptors (Lipinski definition) is 4. The van der Waals surface area contributed by atoms with Crippen molar-refractivity contribution in [3.8, 4) is 0 Å². The Labute approximate surface area is 138 Å². The van der Waals surface area contributed by atoms with E-state index in [1.54, 1.807) is 19.1 Å². The average molecular weight is 332 g/mol. The predicted octanol–water partition coefficient (Wildman–Crippen LogP) is 1.07. The fourth-order valence-electron chi connectivity index (χ4n) is 4.39. The smallest absolute Gasteiger partial charge is 0.324 e. The van der Waals surface area contributed by atoms with Gasteiger partial charge in [-0.05, 0) is 30.9 Å². The van der Waals surface area contributed by atoms with E-state index in [9.17, 15) is 24.6 Å². The van der Waals surface area contributed by atoms with E-state index in [4.69, 9.17) is 5.73 Å². The summed E-state index contributed by atoms with van der Waals surface area (Å²) < 4.78 is 0. The number of carboxylic acid groups (broad SMARTS) is 2. The van der Waals surface area contributed by atoms with Gasteiger partial charge in [-0.2, -0.15) is 0 Å². The van der Waals surface area contributed by atoms with E-state index >= 15 is 0 Å². The van der Waals surface area contributed by atoms with Crippen LogP contribution in [0.2, 0.25) is 0 Å². The summed E-state index contributed by atoms with van der Waals surface area (Å²) in [6.07, 6.45) is -0.0645. The van der Waals surface area contributed by atoms with Crippen LogP contribution in [-0.4, -0.2) is 33.6 Å². The molecule has 1 aromatic carbocycles. The summed E-state index contributed by atoms with van der Waals surface area (Å²) in [5.41, 5.74) is 4.73. The molecule has 2 aliphatic rings. The lowest BCUT2D eigenvalue weighted by molar-refractivity contribution is -0.148. The SMILES string of the molecule is Cc1ccccc1NC(=O)C1CC(N)(C(=O)O)C2(C)C(C(=O)O)C12. The van der Waals surface area contributed by atoms with Gasteiger partial charge in [-0.25, -0.2) is 0 Å². The number of aryl methyl sites for hydroxylation is 1. The normalized spacial score (nSPS) is 36.7. The van der Waals surface area contributed by atoms with Gasteiger partial charge >= 0.3 is 11.9 Å². The predicted molar refractivity (Wildman–Crippen MR) is 85.2 cm³/mol. The highest BCUT2D eigenvalue weighted by Crippen LogP contribution is 2.73. The lowest BCUT2D eigenvalue weighted by atomic mass is 9.80. The number of nitrogens with two attached hydrogens (primary N) is 1. The maximum Gasteiger partial charge on any atom is 0.324 e. The largest absolute Gasteiger partial charge is 0.481 e. The van der Waals surface area contributed by atoms with Gasteiger partial charge in [0.05, 0.1) is 5.92 Å². The first-order valence-corrected chi connectivity index (χ1v) is 7.76. The molecular weight excluding hydrogens is 312 g/mol. The second-order valence-corrected chi connectivity index (χ2v) is 7.02. The van der Waals surface area contributed by atoms with E-state index in [0.717, 1.165) is 5.56 Å². The zero-order valence-corrected chi connectivity index (χ0v) is 13.4. The summed E-state index contributed by atoms with van der Waals surface area (Å²) in [4.78, 5) is 35.8. The Kier molecular flexibility index (Phi) is 3.46. The molecule has 2 saturated carbocycles. The van der Waals surface area contributed by atoms with Crippen LogP contribution in [0, 0.1) is 30.1 Å². The van der Waals surface area contributed by atoms with Crippen LogP contribution in [0.3, 0.4) is 0 Å². The molecule has 0 saturated heterocycles. The summed E-state index contributed by atoms with van der Waals surface area (Å²) in [5, 5.41) is 21.7. The fraction of sp³-hybridized carbons (Fsp3) is 0.471. The van der Waals surface area contributed by atoms with Gasteiger partial charge in [0, 0.05) is 17.0 Å². The molecule has 2 fully saturated rings. The molecule has 0 aromatic heterocycles. The van der Waals surface area contributed by atoms with Crippen LogP contribution in [0.25, 0.3) is 0 Å². The second kappa shape index (κ2) is 5.04. The molecule has 1 aromatic rings. The summed E-state index contributed by atoms with van der Waals surface area (Å²) in [6.45, 7) is 3.40. The minimum Gasteiger partial charge on any atom is -0.481 e. The van der Waals surface area contributed by atoms with Crippen LogP contribution in [0.4, 0.5) is 5.69 Å². The van der Waals surface area contributed by atoms with Crippen molar-refractivity contribution in [2.45, 2.75) is 25.8 Å². The summed E-state index contributed by atoms with van der Waals surface area (Å²) in [5.74, 6) is -4.97. The van der Waals surface area contributed by atoms with Gasteiger partial charge in [0.25, 0.3) is 0 Å². The Morgan fingerprint density at radius 1 is 1.25 bits per heavy atom. The summed E-state index contributed by atoms with van der Waals surface area (Å²) in [7, 11) is 0. The van der Waals surface area contributed by atoms with Crippen LogP contribution >= 0.6 is 0 Å². The zero-order valence-electron chi connectivity index (χ0n) is 13.4. The van der Waals surface area contributed by atoms with E-state index in [0.29, 0.717) is 5.69 Å². The third kappa shape index (κ3) is 1.97. The first-order chi connectivity index (χ1) is 11.1. The van der Waals surface area contributed by atoms with Crippen molar-refractivity contribution in [3.63, 3.8) is 0 Å². The summed E-state index contributed by atoms with van der Waals surface area (Å²) in [6, 6.07) is 7.21. The monoisotopic (exact) mass is 332 g/mol. The highest BCUT2D eigenvalue weighted by atomic mass is 16.4. The van der Waals surface area contributed by atoms with Crippen LogP contribution in [0.15, 0.2) is 24.3 Å². The molecule has 128 valence electrons. The van der Waals surface area contributed by atoms with E-state index < -0.39 is 40.6 Å².